The van der Waals surface area contributed by atoms with Gasteiger partial charge in [-0.1, -0.05) is 6.07 Å². The van der Waals surface area contributed by atoms with Crippen LogP contribution in [0.2, 0.25) is 0 Å². The van der Waals surface area contributed by atoms with Gasteiger partial charge in [-0.25, -0.2) is 4.98 Å². The molecule has 186 valence electrons. The van der Waals surface area contributed by atoms with Gasteiger partial charge in [0.25, 0.3) is 11.8 Å². The maximum atomic E-state index is 13.1. The maximum absolute atomic E-state index is 13.1. The van der Waals surface area contributed by atoms with Gasteiger partial charge < -0.3 is 21.1 Å². The number of carbonyl (C=O) groups is 2. The monoisotopic (exact) mass is 499 g/mol. The Morgan fingerprint density at radius 2 is 1.94 bits per heavy atom. The van der Waals surface area contributed by atoms with E-state index in [-0.39, 0.29) is 29.7 Å². The molecule has 2 aromatic heterocycles. The van der Waals surface area contributed by atoms with Gasteiger partial charge in [0.2, 0.25) is 0 Å². The Balaban J connectivity index is 1.66. The van der Waals surface area contributed by atoms with Crippen LogP contribution in [-0.2, 0) is 15.5 Å². The number of ether oxygens (including phenoxy) is 1. The van der Waals surface area contributed by atoms with E-state index in [0.717, 1.165) is 12.8 Å². The summed E-state index contributed by atoms with van der Waals surface area (Å²) in [6.45, 7) is 1.92. The highest BCUT2D eigenvalue weighted by Gasteiger charge is 2.24. The van der Waals surface area contributed by atoms with E-state index < -0.39 is 22.6 Å². The first-order valence-electron chi connectivity index (χ1n) is 11.6. The second kappa shape index (κ2) is 11.8. The van der Waals surface area contributed by atoms with Crippen LogP contribution in [0, 0.1) is 0 Å². The molecule has 12 heteroatoms. The number of pyridine rings is 1. The highest BCUT2D eigenvalue weighted by Crippen LogP contribution is 2.24. The molecule has 0 aliphatic carbocycles. The third kappa shape index (κ3) is 6.40. The molecule has 2 aliphatic rings. The Kier molecular flexibility index (Phi) is 8.37. The quantitative estimate of drug-likeness (QED) is 0.531. The Morgan fingerprint density at radius 1 is 1.14 bits per heavy atom. The summed E-state index contributed by atoms with van der Waals surface area (Å²) in [6, 6.07) is 5.08. The molecule has 1 unspecified atom stereocenters. The fourth-order valence-electron chi connectivity index (χ4n) is 3.83. The van der Waals surface area contributed by atoms with Gasteiger partial charge in [-0.2, -0.15) is 5.10 Å². The van der Waals surface area contributed by atoms with Crippen LogP contribution in [0.25, 0.3) is 5.57 Å². The SMILES string of the molecule is NC=C1C=NCCCS(=O)CCNC(=O)c2nn(C3CCOCC3)cc2NC(=O)c2cccc1n2. The second-order valence-electron chi connectivity index (χ2n) is 8.19. The molecule has 0 spiro atoms. The first-order chi connectivity index (χ1) is 17.0. The molecule has 2 bridgehead atoms. The number of nitrogens with two attached hydrogens (primary N) is 1. The van der Waals surface area contributed by atoms with Crippen LogP contribution in [0.1, 0.15) is 52.0 Å². The summed E-state index contributed by atoms with van der Waals surface area (Å²) in [6.07, 6.45) is 6.80. The molecular weight excluding hydrogens is 470 g/mol. The van der Waals surface area contributed by atoms with Crippen LogP contribution >= 0.6 is 0 Å². The molecule has 0 saturated carbocycles. The summed E-state index contributed by atoms with van der Waals surface area (Å²) >= 11 is 0. The Hall–Kier alpha value is -3.38. The number of amides is 2. The van der Waals surface area contributed by atoms with Gasteiger partial charge in [-0.3, -0.25) is 23.5 Å². The zero-order valence-corrected chi connectivity index (χ0v) is 20.1. The number of nitrogens with zero attached hydrogens (tertiary/aromatic N) is 4. The van der Waals surface area contributed by atoms with Crippen LogP contribution in [-0.4, -0.2) is 74.8 Å². The average Bonchev–Trinajstić information content (AvgIpc) is 3.30. The zero-order chi connectivity index (χ0) is 24.6. The summed E-state index contributed by atoms with van der Waals surface area (Å²) < 4.78 is 19.4. The van der Waals surface area contributed by atoms with E-state index in [4.69, 9.17) is 10.5 Å². The van der Waals surface area contributed by atoms with E-state index >= 15 is 0 Å². The second-order valence-corrected chi connectivity index (χ2v) is 9.89. The molecule has 4 N–H and O–H groups in total. The standard InChI is InChI=1S/C23H29N7O4S/c24-13-16-14-25-7-2-11-35(33)12-8-26-23(32)21-20(15-30(29-21)17-5-9-34-10-6-17)28-22(31)19-4-1-3-18(16)27-19/h1,3-4,13-15,17H,2,5-12,24H2,(H,26,32)(H,28,31). The minimum atomic E-state index is -1.10. The zero-order valence-electron chi connectivity index (χ0n) is 19.3. The van der Waals surface area contributed by atoms with E-state index in [1.165, 1.54) is 6.20 Å². The van der Waals surface area contributed by atoms with E-state index in [1.807, 2.05) is 0 Å². The summed E-state index contributed by atoms with van der Waals surface area (Å²) in [7, 11) is -1.10. The molecule has 4 heterocycles. The third-order valence-corrected chi connectivity index (χ3v) is 7.13. The first kappa shape index (κ1) is 24.7. The van der Waals surface area contributed by atoms with Crippen LogP contribution in [0.15, 0.2) is 35.6 Å². The summed E-state index contributed by atoms with van der Waals surface area (Å²) in [5.74, 6) is -0.130. The van der Waals surface area contributed by atoms with Crippen molar-refractivity contribution in [3.63, 3.8) is 0 Å². The fourth-order valence-corrected chi connectivity index (χ4v) is 4.82. The minimum Gasteiger partial charge on any atom is -0.404 e. The summed E-state index contributed by atoms with van der Waals surface area (Å²) in [4.78, 5) is 34.8. The Labute approximate surface area is 205 Å². The molecule has 0 aromatic carbocycles. The van der Waals surface area contributed by atoms with E-state index in [9.17, 15) is 13.8 Å². The fraction of sp³-hybridized carbons (Fsp3) is 0.435. The number of allylic oxidation sites excluding steroid dienone is 1. The summed E-state index contributed by atoms with van der Waals surface area (Å²) in [5, 5.41) is 10.0. The largest absolute Gasteiger partial charge is 0.404 e. The van der Waals surface area contributed by atoms with Crippen molar-refractivity contribution in [2.24, 2.45) is 10.7 Å². The number of hydrogen-bond donors (Lipinski definition) is 3. The molecule has 1 saturated heterocycles. The lowest BCUT2D eigenvalue weighted by molar-refractivity contribution is 0.0660. The lowest BCUT2D eigenvalue weighted by Crippen LogP contribution is -2.30. The van der Waals surface area contributed by atoms with Crippen molar-refractivity contribution in [1.29, 1.82) is 0 Å². The van der Waals surface area contributed by atoms with Crippen LogP contribution in [0.4, 0.5) is 5.69 Å². The van der Waals surface area contributed by atoms with Crippen molar-refractivity contribution < 1.29 is 18.5 Å². The normalized spacial score (nSPS) is 22.1. The highest BCUT2D eigenvalue weighted by molar-refractivity contribution is 7.85. The lowest BCUT2D eigenvalue weighted by Gasteiger charge is -2.22. The van der Waals surface area contributed by atoms with Gasteiger partial charge in [0.15, 0.2) is 5.69 Å². The van der Waals surface area contributed by atoms with Gasteiger partial charge in [0.05, 0.1) is 17.4 Å². The number of aromatic nitrogens is 3. The topological polar surface area (TPSA) is 154 Å². The average molecular weight is 500 g/mol. The number of nitrogens with one attached hydrogen (secondary N) is 2. The smallest absolute Gasteiger partial charge is 0.274 e. The van der Waals surface area contributed by atoms with Crippen LogP contribution in [0.3, 0.4) is 0 Å². The van der Waals surface area contributed by atoms with E-state index in [1.54, 1.807) is 35.3 Å². The predicted octanol–water partition coefficient (Wildman–Crippen LogP) is 1.13. The molecule has 1 fully saturated rings. The first-order valence-corrected chi connectivity index (χ1v) is 13.0. The van der Waals surface area contributed by atoms with Crippen molar-refractivity contribution >= 4 is 40.1 Å². The molecular formula is C23H29N7O4S. The van der Waals surface area contributed by atoms with Crippen LogP contribution in [0.5, 0.6) is 0 Å². The van der Waals surface area contributed by atoms with Gasteiger partial charge in [-0.05, 0) is 31.4 Å². The minimum absolute atomic E-state index is 0.0630. The van der Waals surface area contributed by atoms with Gasteiger partial charge in [0, 0.05) is 72.8 Å². The Morgan fingerprint density at radius 3 is 2.74 bits per heavy atom. The molecule has 2 aliphatic heterocycles. The third-order valence-electron chi connectivity index (χ3n) is 5.72. The number of rotatable bonds is 1. The molecule has 2 amide bonds. The van der Waals surface area contributed by atoms with E-state index in [0.29, 0.717) is 49.0 Å². The molecule has 35 heavy (non-hydrogen) atoms. The number of anilines is 1. The number of carbonyl (C=O) groups excluding carboxylic acids is 2. The van der Waals surface area contributed by atoms with E-state index in [2.05, 4.69) is 25.7 Å². The molecule has 1 atom stereocenters. The number of fused-ring (bicyclic) bond motifs is 3. The highest BCUT2D eigenvalue weighted by atomic mass is 32.2. The van der Waals surface area contributed by atoms with Crippen molar-refractivity contribution in [3.8, 4) is 0 Å². The molecule has 0 radical (unpaired) electrons. The maximum Gasteiger partial charge on any atom is 0.274 e. The van der Waals surface area contributed by atoms with Crippen molar-refractivity contribution in [1.82, 2.24) is 20.1 Å². The molecule has 4 rings (SSSR count). The van der Waals surface area contributed by atoms with Gasteiger partial charge in [-0.15, -0.1) is 0 Å². The van der Waals surface area contributed by atoms with Crippen molar-refractivity contribution in [2.45, 2.75) is 25.3 Å². The lowest BCUT2D eigenvalue weighted by atomic mass is 10.1. The molecule has 11 nitrogen and oxygen atoms in total. The Bertz CT molecular complexity index is 1150. The van der Waals surface area contributed by atoms with Crippen molar-refractivity contribution in [3.05, 3.63) is 47.7 Å². The molecule has 2 aromatic rings. The predicted molar refractivity (Wildman–Crippen MR) is 134 cm³/mol. The van der Waals surface area contributed by atoms with Crippen LogP contribution < -0.4 is 16.4 Å². The van der Waals surface area contributed by atoms with Gasteiger partial charge >= 0.3 is 0 Å². The number of aliphatic imine (C=N–C) groups is 1. The summed E-state index contributed by atoms with van der Waals surface area (Å²) in [5.41, 5.74) is 7.37. The van der Waals surface area contributed by atoms with Crippen molar-refractivity contribution in [2.75, 3.05) is 43.1 Å². The van der Waals surface area contributed by atoms with Gasteiger partial charge in [0.1, 0.15) is 5.69 Å². The number of hydrogen-bond acceptors (Lipinski definition) is 8.